The van der Waals surface area contributed by atoms with Crippen molar-refractivity contribution >= 4 is 17.4 Å². The summed E-state index contributed by atoms with van der Waals surface area (Å²) in [5, 5.41) is 21.4. The van der Waals surface area contributed by atoms with Gasteiger partial charge in [0.15, 0.2) is 0 Å². The Balaban J connectivity index is 1.90. The van der Waals surface area contributed by atoms with Crippen LogP contribution in [-0.2, 0) is 21.5 Å². The lowest BCUT2D eigenvalue weighted by molar-refractivity contribution is -0.140. The molecule has 37 heavy (non-hydrogen) atoms. The van der Waals surface area contributed by atoms with Crippen LogP contribution in [-0.4, -0.2) is 33.9 Å². The predicted molar refractivity (Wildman–Crippen MR) is 144 cm³/mol. The summed E-state index contributed by atoms with van der Waals surface area (Å²) in [6.45, 7) is 10.3. The third kappa shape index (κ3) is 4.96. The Morgan fingerprint density at radius 1 is 0.973 bits per heavy atom. The largest absolute Gasteiger partial charge is 0.508 e. The van der Waals surface area contributed by atoms with E-state index in [9.17, 15) is 19.8 Å². The first-order chi connectivity index (χ1) is 17.4. The van der Waals surface area contributed by atoms with Gasteiger partial charge in [-0.3, -0.25) is 9.59 Å². The molecule has 0 aromatic heterocycles. The number of carbonyl (C=O) groups excluding carboxylic acids is 2. The summed E-state index contributed by atoms with van der Waals surface area (Å²) in [6.07, 6.45) is 0. The number of benzene rings is 3. The van der Waals surface area contributed by atoms with Crippen LogP contribution in [0.25, 0.3) is 5.76 Å². The number of aliphatic hydroxyl groups is 1. The number of amides is 1. The van der Waals surface area contributed by atoms with E-state index < -0.39 is 17.7 Å². The van der Waals surface area contributed by atoms with Gasteiger partial charge < -0.3 is 19.8 Å². The first-order valence-electron chi connectivity index (χ1n) is 12.2. The Hall–Kier alpha value is -4.06. The number of hydrogen-bond acceptors (Lipinski definition) is 5. The summed E-state index contributed by atoms with van der Waals surface area (Å²) in [6, 6.07) is 16.8. The monoisotopic (exact) mass is 499 g/mol. The molecule has 3 aromatic carbocycles. The number of nitrogens with zero attached hydrogens (tertiary/aromatic N) is 1. The topological polar surface area (TPSA) is 87.1 Å². The first kappa shape index (κ1) is 26.0. The smallest absolute Gasteiger partial charge is 0.295 e. The van der Waals surface area contributed by atoms with E-state index in [0.29, 0.717) is 16.9 Å². The molecule has 0 radical (unpaired) electrons. The average Bonchev–Trinajstić information content (AvgIpc) is 3.10. The molecule has 2 N–H and O–H groups in total. The Morgan fingerprint density at radius 2 is 1.65 bits per heavy atom. The highest BCUT2D eigenvalue weighted by atomic mass is 16.5. The van der Waals surface area contributed by atoms with Crippen LogP contribution in [0.4, 0.5) is 0 Å². The van der Waals surface area contributed by atoms with Crippen LogP contribution in [0.3, 0.4) is 0 Å². The molecule has 0 spiro atoms. The number of phenolic OH excluding ortho intramolecular Hbond substituents is 1. The number of methoxy groups -OCH3 is 1. The predicted octanol–water partition coefficient (Wildman–Crippen LogP) is 5.94. The zero-order valence-electron chi connectivity index (χ0n) is 22.1. The SMILES string of the molecule is COc1ccc(/C(O)=C2/C(=O)C(=O)N(Cc3cc(C)ccc3C)C2c2ccc(O)cc2)cc1C(C)(C)C. The molecule has 1 unspecified atom stereocenters. The number of rotatable bonds is 5. The van der Waals surface area contributed by atoms with E-state index in [0.717, 1.165) is 22.3 Å². The Kier molecular flexibility index (Phi) is 6.87. The second kappa shape index (κ2) is 9.77. The lowest BCUT2D eigenvalue weighted by Crippen LogP contribution is -2.29. The fraction of sp³-hybridized carbons (Fsp3) is 0.290. The standard InChI is InChI=1S/C31H33NO5/c1-18-7-8-19(2)22(15-18)17-32-27(20-9-12-23(33)13-10-20)26(29(35)30(32)36)28(34)21-11-14-25(37-6)24(16-21)31(3,4)5/h7-16,27,33-34H,17H2,1-6H3/b28-26-. The molecule has 6 heteroatoms. The van der Waals surface area contributed by atoms with Gasteiger partial charge in [-0.1, -0.05) is 56.7 Å². The summed E-state index contributed by atoms with van der Waals surface area (Å²) in [4.78, 5) is 28.3. The Bertz CT molecular complexity index is 1400. The van der Waals surface area contributed by atoms with Gasteiger partial charge in [0.05, 0.1) is 18.7 Å². The summed E-state index contributed by atoms with van der Waals surface area (Å²) in [5.74, 6) is -0.915. The second-order valence-corrected chi connectivity index (χ2v) is 10.6. The maximum Gasteiger partial charge on any atom is 0.295 e. The Morgan fingerprint density at radius 3 is 2.27 bits per heavy atom. The highest BCUT2D eigenvalue weighted by molar-refractivity contribution is 6.46. The number of ether oxygens (including phenoxy) is 1. The van der Waals surface area contributed by atoms with Crippen molar-refractivity contribution < 1.29 is 24.5 Å². The minimum Gasteiger partial charge on any atom is -0.508 e. The number of carbonyl (C=O) groups is 2. The van der Waals surface area contributed by atoms with Gasteiger partial charge in [-0.15, -0.1) is 0 Å². The van der Waals surface area contributed by atoms with Crippen molar-refractivity contribution in [1.29, 1.82) is 0 Å². The number of aliphatic hydroxyl groups excluding tert-OH is 1. The van der Waals surface area contributed by atoms with E-state index in [1.807, 2.05) is 52.8 Å². The first-order valence-corrected chi connectivity index (χ1v) is 12.2. The lowest BCUT2D eigenvalue weighted by atomic mass is 9.84. The molecule has 1 aliphatic heterocycles. The van der Waals surface area contributed by atoms with Crippen molar-refractivity contribution in [3.05, 3.63) is 99.6 Å². The zero-order chi connectivity index (χ0) is 27.1. The molecule has 1 heterocycles. The van der Waals surface area contributed by atoms with Crippen molar-refractivity contribution in [3.63, 3.8) is 0 Å². The van der Waals surface area contributed by atoms with E-state index in [1.165, 1.54) is 17.0 Å². The fourth-order valence-electron chi connectivity index (χ4n) is 4.80. The van der Waals surface area contributed by atoms with Crippen LogP contribution in [0.15, 0.2) is 66.2 Å². The van der Waals surface area contributed by atoms with Crippen molar-refractivity contribution in [2.24, 2.45) is 0 Å². The van der Waals surface area contributed by atoms with Crippen molar-refractivity contribution in [2.75, 3.05) is 7.11 Å². The number of likely N-dealkylation sites (tertiary alicyclic amines) is 1. The molecule has 192 valence electrons. The molecular weight excluding hydrogens is 466 g/mol. The number of aryl methyl sites for hydroxylation is 2. The van der Waals surface area contributed by atoms with Crippen molar-refractivity contribution in [2.45, 2.75) is 52.6 Å². The molecule has 3 aromatic rings. The number of phenols is 1. The summed E-state index contributed by atoms with van der Waals surface area (Å²) in [5.41, 5.74) is 4.62. The van der Waals surface area contributed by atoms with E-state index in [2.05, 4.69) is 0 Å². The summed E-state index contributed by atoms with van der Waals surface area (Å²) >= 11 is 0. The van der Waals surface area contributed by atoms with Crippen molar-refractivity contribution in [3.8, 4) is 11.5 Å². The molecule has 1 aliphatic rings. The van der Waals surface area contributed by atoms with Crippen LogP contribution in [0.5, 0.6) is 11.5 Å². The van der Waals surface area contributed by atoms with Gasteiger partial charge in [0.1, 0.15) is 17.3 Å². The molecular formula is C31H33NO5. The number of Topliss-reactive ketones (excluding diaryl/α,β-unsaturated/α-hetero) is 1. The quantitative estimate of drug-likeness (QED) is 0.258. The highest BCUT2D eigenvalue weighted by Crippen LogP contribution is 2.42. The lowest BCUT2D eigenvalue weighted by Gasteiger charge is -2.26. The molecule has 1 amide bonds. The fourth-order valence-corrected chi connectivity index (χ4v) is 4.80. The number of aromatic hydroxyl groups is 1. The third-order valence-corrected chi connectivity index (χ3v) is 6.88. The molecule has 0 aliphatic carbocycles. The Labute approximate surface area is 217 Å². The normalized spacial score (nSPS) is 17.4. The van der Waals surface area contributed by atoms with E-state index in [4.69, 9.17) is 4.74 Å². The molecule has 0 bridgehead atoms. The van der Waals surface area contributed by atoms with E-state index in [1.54, 1.807) is 37.4 Å². The number of hydrogen-bond donors (Lipinski definition) is 2. The number of ketones is 1. The van der Waals surface area contributed by atoms with Gasteiger partial charge in [0.25, 0.3) is 11.7 Å². The van der Waals surface area contributed by atoms with Crippen LogP contribution in [0.1, 0.15) is 60.2 Å². The average molecular weight is 500 g/mol. The van der Waals surface area contributed by atoms with Gasteiger partial charge in [-0.2, -0.15) is 0 Å². The van der Waals surface area contributed by atoms with E-state index >= 15 is 0 Å². The summed E-state index contributed by atoms with van der Waals surface area (Å²) in [7, 11) is 1.59. The molecule has 1 atom stereocenters. The zero-order valence-corrected chi connectivity index (χ0v) is 22.1. The second-order valence-electron chi connectivity index (χ2n) is 10.6. The van der Waals surface area contributed by atoms with Crippen LogP contribution >= 0.6 is 0 Å². The van der Waals surface area contributed by atoms with E-state index in [-0.39, 0.29) is 29.0 Å². The van der Waals surface area contributed by atoms with Crippen molar-refractivity contribution in [1.82, 2.24) is 4.90 Å². The van der Waals surface area contributed by atoms with Gasteiger partial charge in [-0.05, 0) is 66.3 Å². The maximum absolute atomic E-state index is 13.4. The highest BCUT2D eigenvalue weighted by Gasteiger charge is 2.46. The van der Waals surface area contributed by atoms with Gasteiger partial charge in [0.2, 0.25) is 0 Å². The van der Waals surface area contributed by atoms with Crippen LogP contribution in [0.2, 0.25) is 0 Å². The molecule has 1 saturated heterocycles. The van der Waals surface area contributed by atoms with Crippen LogP contribution in [0, 0.1) is 13.8 Å². The molecule has 6 nitrogen and oxygen atoms in total. The minimum atomic E-state index is -0.819. The van der Waals surface area contributed by atoms with Crippen LogP contribution < -0.4 is 4.74 Å². The third-order valence-electron chi connectivity index (χ3n) is 6.88. The van der Waals surface area contributed by atoms with Gasteiger partial charge >= 0.3 is 0 Å². The molecule has 1 fully saturated rings. The molecule has 0 saturated carbocycles. The van der Waals surface area contributed by atoms with Gasteiger partial charge in [-0.25, -0.2) is 0 Å². The van der Waals surface area contributed by atoms with Gasteiger partial charge in [0, 0.05) is 17.7 Å². The molecule has 4 rings (SSSR count). The summed E-state index contributed by atoms with van der Waals surface area (Å²) < 4.78 is 5.53. The maximum atomic E-state index is 13.4. The minimum absolute atomic E-state index is 0.0195.